The average molecular weight is 443 g/mol. The number of hydrogen-bond donors (Lipinski definition) is 3. The number of benzene rings is 1. The van der Waals surface area contributed by atoms with Gasteiger partial charge in [-0.05, 0) is 37.3 Å². The lowest BCUT2D eigenvalue weighted by Gasteiger charge is -2.27. The standard InChI is InChI=1S/C23H24F3N5O/c24-23(25,26)19-14-29-22(31-21(19)30-17-8-10-18(32)11-9-17)28-13-16-7-4-12-27-20(16)15-5-2-1-3-6-15/h1-7,12,14,17-18,32H,8-11,13H2,(H2,28,29,30,31)/t17-,18+. The molecule has 0 aliphatic heterocycles. The largest absolute Gasteiger partial charge is 0.421 e. The van der Waals surface area contributed by atoms with Gasteiger partial charge in [-0.3, -0.25) is 4.98 Å². The van der Waals surface area contributed by atoms with Crippen molar-refractivity contribution in [3.8, 4) is 11.3 Å². The van der Waals surface area contributed by atoms with E-state index in [2.05, 4.69) is 25.6 Å². The van der Waals surface area contributed by atoms with E-state index >= 15 is 0 Å². The van der Waals surface area contributed by atoms with E-state index < -0.39 is 17.8 Å². The van der Waals surface area contributed by atoms with Crippen LogP contribution >= 0.6 is 0 Å². The molecule has 2 aromatic heterocycles. The second-order valence-corrected chi connectivity index (χ2v) is 7.83. The van der Waals surface area contributed by atoms with Gasteiger partial charge in [0.15, 0.2) is 0 Å². The summed E-state index contributed by atoms with van der Waals surface area (Å²) in [6.45, 7) is 0.304. The minimum absolute atomic E-state index is 0.0965. The summed E-state index contributed by atoms with van der Waals surface area (Å²) in [5.74, 6) is -0.148. The summed E-state index contributed by atoms with van der Waals surface area (Å²) in [6, 6.07) is 13.2. The topological polar surface area (TPSA) is 83.0 Å². The van der Waals surface area contributed by atoms with Crippen LogP contribution in [0.15, 0.2) is 54.9 Å². The van der Waals surface area contributed by atoms with E-state index in [4.69, 9.17) is 0 Å². The molecular formula is C23H24F3N5O. The van der Waals surface area contributed by atoms with Gasteiger partial charge < -0.3 is 15.7 Å². The first-order valence-corrected chi connectivity index (χ1v) is 10.5. The van der Waals surface area contributed by atoms with Crippen molar-refractivity contribution in [2.24, 2.45) is 0 Å². The summed E-state index contributed by atoms with van der Waals surface area (Å²) in [7, 11) is 0. The molecular weight excluding hydrogens is 419 g/mol. The van der Waals surface area contributed by atoms with Gasteiger partial charge in [-0.2, -0.15) is 18.2 Å². The molecule has 0 unspecified atom stereocenters. The second kappa shape index (κ2) is 9.52. The fourth-order valence-corrected chi connectivity index (χ4v) is 3.81. The molecule has 32 heavy (non-hydrogen) atoms. The van der Waals surface area contributed by atoms with Crippen molar-refractivity contribution in [2.75, 3.05) is 10.6 Å². The van der Waals surface area contributed by atoms with E-state index in [1.807, 2.05) is 42.5 Å². The number of anilines is 2. The molecule has 4 rings (SSSR count). The van der Waals surface area contributed by atoms with Crippen LogP contribution in [-0.2, 0) is 12.7 Å². The number of hydrogen-bond acceptors (Lipinski definition) is 6. The molecule has 168 valence electrons. The van der Waals surface area contributed by atoms with Gasteiger partial charge in [-0.25, -0.2) is 4.98 Å². The SMILES string of the molecule is O[C@H]1CC[C@@H](Nc2nc(NCc3cccnc3-c3ccccc3)ncc2C(F)(F)F)CC1. The lowest BCUT2D eigenvalue weighted by Crippen LogP contribution is -2.30. The first-order chi connectivity index (χ1) is 15.4. The van der Waals surface area contributed by atoms with Gasteiger partial charge in [-0.15, -0.1) is 0 Å². The number of rotatable bonds is 6. The summed E-state index contributed by atoms with van der Waals surface area (Å²) in [4.78, 5) is 12.5. The molecule has 0 bridgehead atoms. The van der Waals surface area contributed by atoms with Crippen molar-refractivity contribution in [1.82, 2.24) is 15.0 Å². The third kappa shape index (κ3) is 5.34. The molecule has 0 atom stereocenters. The molecule has 0 amide bonds. The summed E-state index contributed by atoms with van der Waals surface area (Å²) in [6.07, 6.45) is -0.185. The minimum atomic E-state index is -4.57. The third-order valence-electron chi connectivity index (χ3n) is 5.51. The molecule has 1 aliphatic rings. The van der Waals surface area contributed by atoms with Crippen LogP contribution in [-0.4, -0.2) is 32.2 Å². The van der Waals surface area contributed by atoms with E-state index in [0.29, 0.717) is 32.2 Å². The molecule has 3 aromatic rings. The van der Waals surface area contributed by atoms with Gasteiger partial charge in [0.2, 0.25) is 5.95 Å². The molecule has 0 spiro atoms. The average Bonchev–Trinajstić information content (AvgIpc) is 2.79. The van der Waals surface area contributed by atoms with E-state index in [0.717, 1.165) is 23.0 Å². The third-order valence-corrected chi connectivity index (χ3v) is 5.51. The number of nitrogens with zero attached hydrogens (tertiary/aromatic N) is 3. The van der Waals surface area contributed by atoms with E-state index in [-0.39, 0.29) is 17.8 Å². The number of aliphatic hydroxyl groups excluding tert-OH is 1. The Hall–Kier alpha value is -3.20. The van der Waals surface area contributed by atoms with Gasteiger partial charge in [0.25, 0.3) is 0 Å². The Kier molecular flexibility index (Phi) is 6.55. The summed E-state index contributed by atoms with van der Waals surface area (Å²) >= 11 is 0. The van der Waals surface area contributed by atoms with E-state index in [1.54, 1.807) is 6.20 Å². The van der Waals surface area contributed by atoms with Crippen LogP contribution in [0.25, 0.3) is 11.3 Å². The summed E-state index contributed by atoms with van der Waals surface area (Å²) in [5.41, 5.74) is 1.70. The van der Waals surface area contributed by atoms with Crippen molar-refractivity contribution in [3.63, 3.8) is 0 Å². The van der Waals surface area contributed by atoms with Crippen LogP contribution in [0.2, 0.25) is 0 Å². The lowest BCUT2D eigenvalue weighted by atomic mass is 9.93. The number of halogens is 3. The zero-order chi connectivity index (χ0) is 22.6. The van der Waals surface area contributed by atoms with Crippen LogP contribution < -0.4 is 10.6 Å². The Morgan fingerprint density at radius 3 is 2.44 bits per heavy atom. The van der Waals surface area contributed by atoms with Crippen molar-refractivity contribution >= 4 is 11.8 Å². The molecule has 1 aliphatic carbocycles. The Labute approximate surface area is 184 Å². The highest BCUT2D eigenvalue weighted by molar-refractivity contribution is 5.63. The molecule has 1 aromatic carbocycles. The zero-order valence-corrected chi connectivity index (χ0v) is 17.3. The monoisotopic (exact) mass is 443 g/mol. The summed E-state index contributed by atoms with van der Waals surface area (Å²) in [5, 5.41) is 15.6. The predicted molar refractivity (Wildman–Crippen MR) is 116 cm³/mol. The van der Waals surface area contributed by atoms with Gasteiger partial charge in [0.05, 0.1) is 11.8 Å². The molecule has 0 radical (unpaired) electrons. The first kappa shape index (κ1) is 22.0. The van der Waals surface area contributed by atoms with Crippen LogP contribution in [0.1, 0.15) is 36.8 Å². The Bertz CT molecular complexity index is 1040. The predicted octanol–water partition coefficient (Wildman–Crippen LogP) is 4.88. The molecule has 1 fully saturated rings. The molecule has 6 nitrogen and oxygen atoms in total. The second-order valence-electron chi connectivity index (χ2n) is 7.83. The van der Waals surface area contributed by atoms with Crippen molar-refractivity contribution < 1.29 is 18.3 Å². The number of alkyl halides is 3. The number of nitrogens with one attached hydrogen (secondary N) is 2. The van der Waals surface area contributed by atoms with Gasteiger partial charge >= 0.3 is 6.18 Å². The Morgan fingerprint density at radius 2 is 1.72 bits per heavy atom. The van der Waals surface area contributed by atoms with Crippen molar-refractivity contribution in [1.29, 1.82) is 0 Å². The highest BCUT2D eigenvalue weighted by Crippen LogP contribution is 2.35. The summed E-state index contributed by atoms with van der Waals surface area (Å²) < 4.78 is 40.5. The number of aromatic nitrogens is 3. The smallest absolute Gasteiger partial charge is 0.393 e. The quantitative estimate of drug-likeness (QED) is 0.504. The highest BCUT2D eigenvalue weighted by atomic mass is 19.4. The van der Waals surface area contributed by atoms with E-state index in [9.17, 15) is 18.3 Å². The minimum Gasteiger partial charge on any atom is -0.393 e. The molecule has 9 heteroatoms. The lowest BCUT2D eigenvalue weighted by molar-refractivity contribution is -0.137. The van der Waals surface area contributed by atoms with Crippen LogP contribution in [0.4, 0.5) is 24.9 Å². The Morgan fingerprint density at radius 1 is 0.969 bits per heavy atom. The fourth-order valence-electron chi connectivity index (χ4n) is 3.81. The van der Waals surface area contributed by atoms with Crippen LogP contribution in [0.3, 0.4) is 0 Å². The van der Waals surface area contributed by atoms with E-state index in [1.165, 1.54) is 0 Å². The van der Waals surface area contributed by atoms with Crippen LogP contribution in [0.5, 0.6) is 0 Å². The Balaban J connectivity index is 1.54. The first-order valence-electron chi connectivity index (χ1n) is 10.5. The highest BCUT2D eigenvalue weighted by Gasteiger charge is 2.36. The molecule has 3 N–H and O–H groups in total. The van der Waals surface area contributed by atoms with Crippen LogP contribution in [0, 0.1) is 0 Å². The zero-order valence-electron chi connectivity index (χ0n) is 17.3. The molecule has 2 heterocycles. The maximum Gasteiger partial charge on any atom is 0.421 e. The fraction of sp³-hybridized carbons (Fsp3) is 0.348. The molecule has 1 saturated carbocycles. The van der Waals surface area contributed by atoms with Gasteiger partial charge in [-0.1, -0.05) is 36.4 Å². The van der Waals surface area contributed by atoms with Gasteiger partial charge in [0, 0.05) is 30.5 Å². The number of pyridine rings is 1. The molecule has 0 saturated heterocycles. The maximum atomic E-state index is 13.5. The van der Waals surface area contributed by atoms with Crippen molar-refractivity contribution in [3.05, 3.63) is 66.0 Å². The van der Waals surface area contributed by atoms with Gasteiger partial charge in [0.1, 0.15) is 11.4 Å². The number of aliphatic hydroxyl groups is 1. The maximum absolute atomic E-state index is 13.5. The van der Waals surface area contributed by atoms with Crippen molar-refractivity contribution in [2.45, 2.75) is 50.6 Å². The normalized spacial score (nSPS) is 18.9.